The van der Waals surface area contributed by atoms with Crippen LogP contribution in [-0.4, -0.2) is 41.7 Å². The topological polar surface area (TPSA) is 78.9 Å². The van der Waals surface area contributed by atoms with Crippen LogP contribution in [0.4, 0.5) is 9.18 Å². The molecule has 2 amide bonds. The highest BCUT2D eigenvalue weighted by Gasteiger charge is 2.32. The predicted octanol–water partition coefficient (Wildman–Crippen LogP) is 2.53. The number of amides is 2. The van der Waals surface area contributed by atoms with Crippen molar-refractivity contribution in [2.45, 2.75) is 18.9 Å². The number of nitrogens with one attached hydrogen (secondary N) is 1. The number of carbonyl (C=O) groups excluding carboxylic acids is 1. The molecule has 3 rings (SSSR count). The second kappa shape index (κ2) is 6.35. The number of rotatable bonds is 2. The van der Waals surface area contributed by atoms with Crippen LogP contribution in [0.1, 0.15) is 24.4 Å². The Hall–Kier alpha value is -1.83. The molecule has 2 unspecified atom stereocenters. The molecular formula is C15H16BrFN2O4. The Bertz CT molecular complexity index is 655. The lowest BCUT2D eigenvalue weighted by Crippen LogP contribution is -2.48. The van der Waals surface area contributed by atoms with Gasteiger partial charge in [-0.1, -0.05) is 0 Å². The van der Waals surface area contributed by atoms with Crippen molar-refractivity contribution in [3.05, 3.63) is 28.0 Å². The van der Waals surface area contributed by atoms with Crippen molar-refractivity contribution in [1.82, 2.24) is 10.2 Å². The highest BCUT2D eigenvalue weighted by Crippen LogP contribution is 2.36. The number of aliphatic carboxylic acids is 1. The first-order valence-electron chi connectivity index (χ1n) is 7.35. The average Bonchev–Trinajstić information content (AvgIpc) is 2.90. The molecule has 2 atom stereocenters. The van der Waals surface area contributed by atoms with E-state index in [0.29, 0.717) is 35.2 Å². The van der Waals surface area contributed by atoms with Crippen molar-refractivity contribution in [2.24, 2.45) is 5.92 Å². The van der Waals surface area contributed by atoms with Crippen LogP contribution < -0.4 is 10.1 Å². The number of hydrogen-bond acceptors (Lipinski definition) is 3. The molecule has 0 aromatic heterocycles. The first kappa shape index (κ1) is 16.0. The summed E-state index contributed by atoms with van der Waals surface area (Å²) >= 11 is 3.12. The van der Waals surface area contributed by atoms with Crippen LogP contribution in [0.2, 0.25) is 0 Å². The van der Waals surface area contributed by atoms with Crippen LogP contribution in [0, 0.1) is 11.7 Å². The average molecular weight is 387 g/mol. The van der Waals surface area contributed by atoms with E-state index in [1.807, 2.05) is 0 Å². The molecule has 23 heavy (non-hydrogen) atoms. The Morgan fingerprint density at radius 1 is 1.43 bits per heavy atom. The van der Waals surface area contributed by atoms with Gasteiger partial charge in [-0.05, 0) is 34.8 Å². The van der Waals surface area contributed by atoms with Crippen molar-refractivity contribution >= 4 is 27.9 Å². The second-order valence-electron chi connectivity index (χ2n) is 5.74. The first-order valence-corrected chi connectivity index (χ1v) is 8.15. The minimum absolute atomic E-state index is 0.203. The SMILES string of the molecule is O=C(O)C1CCCN(C(=O)NC2COc3cc(F)c(Br)cc32)C1. The molecule has 2 heterocycles. The van der Waals surface area contributed by atoms with Crippen LogP contribution in [0.5, 0.6) is 5.75 Å². The van der Waals surface area contributed by atoms with Gasteiger partial charge in [-0.25, -0.2) is 9.18 Å². The molecule has 1 aromatic rings. The number of carboxylic acids is 1. The van der Waals surface area contributed by atoms with Crippen LogP contribution in [0.3, 0.4) is 0 Å². The van der Waals surface area contributed by atoms with Crippen LogP contribution in [0.25, 0.3) is 0 Å². The van der Waals surface area contributed by atoms with Crippen LogP contribution >= 0.6 is 15.9 Å². The van der Waals surface area contributed by atoms with E-state index in [4.69, 9.17) is 9.84 Å². The predicted molar refractivity (Wildman–Crippen MR) is 82.8 cm³/mol. The first-order chi connectivity index (χ1) is 11.0. The minimum Gasteiger partial charge on any atom is -0.491 e. The van der Waals surface area contributed by atoms with E-state index in [9.17, 15) is 14.0 Å². The second-order valence-corrected chi connectivity index (χ2v) is 6.59. The number of ether oxygens (including phenoxy) is 1. The van der Waals surface area contributed by atoms with Crippen molar-refractivity contribution in [3.8, 4) is 5.75 Å². The summed E-state index contributed by atoms with van der Waals surface area (Å²) < 4.78 is 19.2. The minimum atomic E-state index is -0.878. The molecule has 0 aliphatic carbocycles. The fourth-order valence-corrected chi connectivity index (χ4v) is 3.29. The van der Waals surface area contributed by atoms with Gasteiger partial charge in [-0.2, -0.15) is 0 Å². The summed E-state index contributed by atoms with van der Waals surface area (Å²) in [6, 6.07) is 2.18. The van der Waals surface area contributed by atoms with E-state index in [1.165, 1.54) is 11.0 Å². The van der Waals surface area contributed by atoms with Gasteiger partial charge in [0.05, 0.1) is 16.4 Å². The number of hydrogen-bond donors (Lipinski definition) is 2. The smallest absolute Gasteiger partial charge is 0.318 e. The number of carboxylic acid groups (broad SMARTS) is 1. The van der Waals surface area contributed by atoms with E-state index in [-0.39, 0.29) is 25.2 Å². The van der Waals surface area contributed by atoms with E-state index in [2.05, 4.69) is 21.2 Å². The molecule has 0 spiro atoms. The highest BCUT2D eigenvalue weighted by atomic mass is 79.9. The van der Waals surface area contributed by atoms with Crippen molar-refractivity contribution < 1.29 is 23.8 Å². The molecule has 8 heteroatoms. The van der Waals surface area contributed by atoms with Gasteiger partial charge in [0.2, 0.25) is 0 Å². The van der Waals surface area contributed by atoms with E-state index < -0.39 is 17.7 Å². The standard InChI is InChI=1S/C15H16BrFN2O4/c16-10-4-9-12(7-23-13(9)5-11(10)17)18-15(22)19-3-1-2-8(6-19)14(20)21/h4-5,8,12H,1-3,6-7H2,(H,18,22)(H,20,21). The Kier molecular flexibility index (Phi) is 4.43. The van der Waals surface area contributed by atoms with Gasteiger partial charge in [0.25, 0.3) is 0 Å². The molecule has 0 saturated carbocycles. The van der Waals surface area contributed by atoms with Crippen molar-refractivity contribution in [1.29, 1.82) is 0 Å². The Balaban J connectivity index is 1.68. The van der Waals surface area contributed by atoms with Gasteiger partial charge < -0.3 is 20.1 Å². The lowest BCUT2D eigenvalue weighted by molar-refractivity contribution is -0.143. The van der Waals surface area contributed by atoms with Crippen molar-refractivity contribution in [3.63, 3.8) is 0 Å². The number of benzene rings is 1. The number of likely N-dealkylation sites (tertiary alicyclic amines) is 1. The van der Waals surface area contributed by atoms with Gasteiger partial charge in [0.1, 0.15) is 18.2 Å². The molecule has 1 aromatic carbocycles. The number of piperidine rings is 1. The molecule has 2 N–H and O–H groups in total. The molecule has 1 saturated heterocycles. The molecule has 6 nitrogen and oxygen atoms in total. The molecule has 0 bridgehead atoms. The molecule has 2 aliphatic rings. The normalized spacial score (nSPS) is 23.1. The summed E-state index contributed by atoms with van der Waals surface area (Å²) in [5.74, 6) is -1.41. The number of carbonyl (C=O) groups is 2. The Labute approximate surface area is 140 Å². The van der Waals surface area contributed by atoms with Crippen LogP contribution in [0.15, 0.2) is 16.6 Å². The van der Waals surface area contributed by atoms with Crippen molar-refractivity contribution in [2.75, 3.05) is 19.7 Å². The maximum Gasteiger partial charge on any atom is 0.318 e. The third kappa shape index (κ3) is 3.26. The largest absolute Gasteiger partial charge is 0.491 e. The van der Waals surface area contributed by atoms with Gasteiger partial charge in [-0.3, -0.25) is 4.79 Å². The Morgan fingerprint density at radius 3 is 2.96 bits per heavy atom. The van der Waals surface area contributed by atoms with Gasteiger partial charge in [0.15, 0.2) is 0 Å². The lowest BCUT2D eigenvalue weighted by atomic mass is 9.98. The fourth-order valence-electron chi connectivity index (χ4n) is 2.93. The third-order valence-electron chi connectivity index (χ3n) is 4.19. The summed E-state index contributed by atoms with van der Waals surface area (Å²) in [5, 5.41) is 11.9. The Morgan fingerprint density at radius 2 is 2.22 bits per heavy atom. The van der Waals surface area contributed by atoms with Gasteiger partial charge >= 0.3 is 12.0 Å². The highest BCUT2D eigenvalue weighted by molar-refractivity contribution is 9.10. The summed E-state index contributed by atoms with van der Waals surface area (Å²) in [6.07, 6.45) is 1.25. The zero-order chi connectivity index (χ0) is 16.6. The third-order valence-corrected chi connectivity index (χ3v) is 4.80. The summed E-state index contributed by atoms with van der Waals surface area (Å²) in [5.41, 5.74) is 0.707. The zero-order valence-corrected chi connectivity index (χ0v) is 13.8. The maximum absolute atomic E-state index is 13.5. The van der Waals surface area contributed by atoms with Gasteiger partial charge in [0, 0.05) is 24.7 Å². The van der Waals surface area contributed by atoms with E-state index in [0.717, 1.165) is 0 Å². The number of fused-ring (bicyclic) bond motifs is 1. The van der Waals surface area contributed by atoms with Crippen LogP contribution in [-0.2, 0) is 4.79 Å². The fraction of sp³-hybridized carbons (Fsp3) is 0.467. The molecule has 2 aliphatic heterocycles. The zero-order valence-electron chi connectivity index (χ0n) is 12.2. The molecule has 124 valence electrons. The number of halogens is 2. The summed E-state index contributed by atoms with van der Waals surface area (Å²) in [6.45, 7) is 0.963. The molecule has 1 fully saturated rings. The van der Waals surface area contributed by atoms with Gasteiger partial charge in [-0.15, -0.1) is 0 Å². The number of urea groups is 1. The van der Waals surface area contributed by atoms with E-state index >= 15 is 0 Å². The summed E-state index contributed by atoms with van der Waals surface area (Å²) in [7, 11) is 0. The lowest BCUT2D eigenvalue weighted by Gasteiger charge is -2.31. The quantitative estimate of drug-likeness (QED) is 0.818. The number of nitrogens with zero attached hydrogens (tertiary/aromatic N) is 1. The molecule has 0 radical (unpaired) electrons. The van der Waals surface area contributed by atoms with E-state index in [1.54, 1.807) is 6.07 Å². The summed E-state index contributed by atoms with van der Waals surface area (Å²) in [4.78, 5) is 25.0. The molecular weight excluding hydrogens is 371 g/mol. The maximum atomic E-state index is 13.5. The monoisotopic (exact) mass is 386 g/mol.